The Labute approximate surface area is 198 Å². The standard InChI is InChI=1S/C23H34N8O3/c1-5-7-9-13-29(19-20(24)30(12-8-6-2)23(34)28-21(19)33)18(32)11-10-17-15(3)27-22-25-14-26-31(22)16(17)4/h14H,5-13,24H2,1-4H3,(H,28,33,34). The Bertz CT molecular complexity index is 1270. The first-order chi connectivity index (χ1) is 16.3. The fourth-order valence-electron chi connectivity index (χ4n) is 4.14. The Balaban J connectivity index is 1.93. The second-order valence-electron chi connectivity index (χ2n) is 8.48. The van der Waals surface area contributed by atoms with Crippen molar-refractivity contribution in [3.8, 4) is 0 Å². The van der Waals surface area contributed by atoms with Gasteiger partial charge in [0.05, 0.1) is 0 Å². The lowest BCUT2D eigenvalue weighted by Crippen LogP contribution is -2.41. The summed E-state index contributed by atoms with van der Waals surface area (Å²) in [6, 6.07) is 0. The monoisotopic (exact) mass is 470 g/mol. The molecule has 0 saturated carbocycles. The Morgan fingerprint density at radius 3 is 2.59 bits per heavy atom. The van der Waals surface area contributed by atoms with Crippen molar-refractivity contribution in [1.29, 1.82) is 0 Å². The molecule has 3 aromatic rings. The number of carbonyl (C=O) groups excluding carboxylic acids is 1. The summed E-state index contributed by atoms with van der Waals surface area (Å²) in [5.41, 5.74) is 7.72. The van der Waals surface area contributed by atoms with Crippen molar-refractivity contribution in [3.05, 3.63) is 44.1 Å². The fraction of sp³-hybridized carbons (Fsp3) is 0.565. The molecule has 0 radical (unpaired) electrons. The van der Waals surface area contributed by atoms with E-state index >= 15 is 0 Å². The molecule has 0 aromatic carbocycles. The van der Waals surface area contributed by atoms with Gasteiger partial charge in [-0.15, -0.1) is 0 Å². The van der Waals surface area contributed by atoms with E-state index in [1.165, 1.54) is 15.8 Å². The van der Waals surface area contributed by atoms with Gasteiger partial charge in [0.15, 0.2) is 5.69 Å². The first-order valence-corrected chi connectivity index (χ1v) is 11.9. The van der Waals surface area contributed by atoms with E-state index in [1.54, 1.807) is 4.52 Å². The third kappa shape index (κ3) is 5.18. The first kappa shape index (κ1) is 25.1. The Hall–Kier alpha value is -3.50. The van der Waals surface area contributed by atoms with E-state index < -0.39 is 11.2 Å². The van der Waals surface area contributed by atoms with Crippen molar-refractivity contribution < 1.29 is 4.79 Å². The zero-order valence-electron chi connectivity index (χ0n) is 20.4. The van der Waals surface area contributed by atoms with Crippen molar-refractivity contribution in [1.82, 2.24) is 29.1 Å². The van der Waals surface area contributed by atoms with Crippen LogP contribution >= 0.6 is 0 Å². The predicted octanol–water partition coefficient (Wildman–Crippen LogP) is 2.13. The number of aromatic amines is 1. The highest BCUT2D eigenvalue weighted by atomic mass is 16.2. The molecular weight excluding hydrogens is 436 g/mol. The van der Waals surface area contributed by atoms with E-state index in [-0.39, 0.29) is 23.8 Å². The largest absolute Gasteiger partial charge is 0.383 e. The number of hydrogen-bond acceptors (Lipinski definition) is 7. The lowest BCUT2D eigenvalue weighted by molar-refractivity contribution is -0.118. The molecule has 0 spiro atoms. The summed E-state index contributed by atoms with van der Waals surface area (Å²) in [5, 5.41) is 4.20. The molecular formula is C23H34N8O3. The maximum Gasteiger partial charge on any atom is 0.330 e. The van der Waals surface area contributed by atoms with Gasteiger partial charge in [-0.3, -0.25) is 19.1 Å². The van der Waals surface area contributed by atoms with Crippen molar-refractivity contribution in [2.75, 3.05) is 17.2 Å². The smallest absolute Gasteiger partial charge is 0.330 e. The van der Waals surface area contributed by atoms with Gasteiger partial charge in [0.2, 0.25) is 5.91 Å². The highest BCUT2D eigenvalue weighted by Gasteiger charge is 2.24. The third-order valence-electron chi connectivity index (χ3n) is 6.08. The lowest BCUT2D eigenvalue weighted by Gasteiger charge is -2.25. The number of hydrogen-bond donors (Lipinski definition) is 2. The minimum absolute atomic E-state index is 0.0325. The van der Waals surface area contributed by atoms with E-state index in [2.05, 4.69) is 27.0 Å². The summed E-state index contributed by atoms with van der Waals surface area (Å²) < 4.78 is 3.00. The van der Waals surface area contributed by atoms with Crippen LogP contribution in [0.15, 0.2) is 15.9 Å². The number of nitrogen functional groups attached to an aromatic ring is 1. The van der Waals surface area contributed by atoms with E-state index in [0.717, 1.165) is 49.1 Å². The van der Waals surface area contributed by atoms with Crippen LogP contribution in [0.4, 0.5) is 11.5 Å². The zero-order chi connectivity index (χ0) is 24.8. The van der Waals surface area contributed by atoms with Crippen LogP contribution < -0.4 is 21.9 Å². The zero-order valence-corrected chi connectivity index (χ0v) is 20.4. The van der Waals surface area contributed by atoms with Crippen LogP contribution in [0.3, 0.4) is 0 Å². The molecule has 3 N–H and O–H groups in total. The number of nitrogens with two attached hydrogens (primary N) is 1. The average Bonchev–Trinajstić information content (AvgIpc) is 3.26. The summed E-state index contributed by atoms with van der Waals surface area (Å²) in [7, 11) is 0. The van der Waals surface area contributed by atoms with Gasteiger partial charge in [-0.2, -0.15) is 10.1 Å². The number of nitrogens with zero attached hydrogens (tertiary/aromatic N) is 6. The molecule has 0 bridgehead atoms. The topological polar surface area (TPSA) is 144 Å². The Kier molecular flexibility index (Phi) is 8.19. The first-order valence-electron chi connectivity index (χ1n) is 11.9. The summed E-state index contributed by atoms with van der Waals surface area (Å²) in [6.45, 7) is 8.60. The van der Waals surface area contributed by atoms with Gasteiger partial charge in [-0.05, 0) is 38.7 Å². The van der Waals surface area contributed by atoms with Crippen LogP contribution in [-0.2, 0) is 17.8 Å². The molecule has 11 heteroatoms. The van der Waals surface area contributed by atoms with Crippen LogP contribution in [0.2, 0.25) is 0 Å². The van der Waals surface area contributed by atoms with Gasteiger partial charge in [0.1, 0.15) is 12.1 Å². The number of anilines is 2. The number of nitrogens with one attached hydrogen (secondary N) is 1. The molecule has 34 heavy (non-hydrogen) atoms. The second kappa shape index (κ2) is 11.1. The van der Waals surface area contributed by atoms with Crippen molar-refractivity contribution in [2.24, 2.45) is 0 Å². The molecule has 11 nitrogen and oxygen atoms in total. The summed E-state index contributed by atoms with van der Waals surface area (Å²) in [5.74, 6) is 0.316. The molecule has 184 valence electrons. The molecule has 0 saturated heterocycles. The van der Waals surface area contributed by atoms with E-state index in [9.17, 15) is 14.4 Å². The molecule has 0 aliphatic heterocycles. The minimum atomic E-state index is -0.641. The summed E-state index contributed by atoms with van der Waals surface area (Å²) in [6.07, 6.45) is 6.22. The fourth-order valence-corrected chi connectivity index (χ4v) is 4.14. The molecule has 3 rings (SSSR count). The number of H-pyrrole nitrogens is 1. The molecule has 0 aliphatic rings. The lowest BCUT2D eigenvalue weighted by atomic mass is 10.1. The van der Waals surface area contributed by atoms with Crippen LogP contribution in [0.1, 0.15) is 69.3 Å². The van der Waals surface area contributed by atoms with Crippen LogP contribution in [0.5, 0.6) is 0 Å². The number of fused-ring (bicyclic) bond motifs is 1. The third-order valence-corrected chi connectivity index (χ3v) is 6.08. The maximum atomic E-state index is 13.4. The maximum absolute atomic E-state index is 13.4. The number of amides is 1. The molecule has 1 amide bonds. The summed E-state index contributed by atoms with van der Waals surface area (Å²) >= 11 is 0. The van der Waals surface area contributed by atoms with Crippen LogP contribution in [-0.4, -0.2) is 41.6 Å². The van der Waals surface area contributed by atoms with Crippen molar-refractivity contribution >= 4 is 23.2 Å². The molecule has 0 atom stereocenters. The minimum Gasteiger partial charge on any atom is -0.383 e. The highest BCUT2D eigenvalue weighted by Crippen LogP contribution is 2.21. The Morgan fingerprint density at radius 2 is 1.88 bits per heavy atom. The second-order valence-corrected chi connectivity index (χ2v) is 8.48. The number of unbranched alkanes of at least 4 members (excludes halogenated alkanes) is 3. The highest BCUT2D eigenvalue weighted by molar-refractivity contribution is 5.95. The molecule has 0 fully saturated rings. The predicted molar refractivity (Wildman–Crippen MR) is 131 cm³/mol. The molecule has 0 unspecified atom stereocenters. The van der Waals surface area contributed by atoms with Crippen molar-refractivity contribution in [2.45, 2.75) is 79.2 Å². The van der Waals surface area contributed by atoms with Crippen LogP contribution in [0.25, 0.3) is 5.78 Å². The SMILES string of the molecule is CCCCCN(C(=O)CCc1c(C)nc2ncnn2c1C)c1c(N)n(CCCC)c(=O)[nH]c1=O. The summed E-state index contributed by atoms with van der Waals surface area (Å²) in [4.78, 5) is 51.0. The molecule has 0 aliphatic carbocycles. The molecule has 3 aromatic heterocycles. The number of aryl methyl sites for hydroxylation is 2. The van der Waals surface area contributed by atoms with E-state index in [1.807, 2.05) is 20.8 Å². The number of rotatable bonds is 11. The van der Waals surface area contributed by atoms with Gasteiger partial charge < -0.3 is 10.6 Å². The van der Waals surface area contributed by atoms with Crippen molar-refractivity contribution in [3.63, 3.8) is 0 Å². The van der Waals surface area contributed by atoms with Gasteiger partial charge in [0, 0.05) is 30.9 Å². The normalized spacial score (nSPS) is 11.3. The van der Waals surface area contributed by atoms with Gasteiger partial charge >= 0.3 is 5.69 Å². The number of carbonyl (C=O) groups is 1. The average molecular weight is 471 g/mol. The quantitative estimate of drug-likeness (QED) is 0.408. The molecule has 3 heterocycles. The number of aromatic nitrogens is 6. The van der Waals surface area contributed by atoms with Gasteiger partial charge in [-0.1, -0.05) is 33.1 Å². The van der Waals surface area contributed by atoms with E-state index in [0.29, 0.717) is 25.3 Å². The van der Waals surface area contributed by atoms with Crippen LogP contribution in [0, 0.1) is 13.8 Å². The van der Waals surface area contributed by atoms with E-state index in [4.69, 9.17) is 5.73 Å². The van der Waals surface area contributed by atoms with Gasteiger partial charge in [0.25, 0.3) is 11.3 Å². The van der Waals surface area contributed by atoms with Gasteiger partial charge in [-0.25, -0.2) is 14.3 Å². The Morgan fingerprint density at radius 1 is 1.15 bits per heavy atom.